The number of ether oxygens (including phenoxy) is 2. The maximum Gasteiger partial charge on any atom is 0.272 e. The molecule has 188 valence electrons. The number of amides is 3. The summed E-state index contributed by atoms with van der Waals surface area (Å²) in [4.78, 5) is 40.4. The lowest BCUT2D eigenvalue weighted by Gasteiger charge is -2.41. The van der Waals surface area contributed by atoms with Crippen LogP contribution >= 0.6 is 0 Å². The Hall–Kier alpha value is -3.56. The van der Waals surface area contributed by atoms with Crippen LogP contribution in [0, 0.1) is 0 Å². The lowest BCUT2D eigenvalue weighted by molar-refractivity contribution is -0.133. The smallest absolute Gasteiger partial charge is 0.272 e. The quantitative estimate of drug-likeness (QED) is 0.592. The van der Waals surface area contributed by atoms with Crippen molar-refractivity contribution in [2.45, 2.75) is 57.2 Å². The molecule has 2 N–H and O–H groups in total. The van der Waals surface area contributed by atoms with Gasteiger partial charge in [-0.1, -0.05) is 18.9 Å². The second kappa shape index (κ2) is 9.97. The van der Waals surface area contributed by atoms with Gasteiger partial charge in [-0.2, -0.15) is 5.10 Å². The Morgan fingerprint density at radius 3 is 2.54 bits per heavy atom. The number of fused-ring (bicyclic) bond motifs is 1. The second-order valence-electron chi connectivity index (χ2n) is 9.36. The number of hydrogen-bond acceptors (Lipinski definition) is 6. The number of nitrogens with zero attached hydrogens (tertiary/aromatic N) is 3. The van der Waals surface area contributed by atoms with Gasteiger partial charge in [-0.3, -0.25) is 19.1 Å². The molecular formula is C25H33N5O5. The Bertz CT molecular complexity index is 1120. The van der Waals surface area contributed by atoms with E-state index < -0.39 is 5.54 Å². The summed E-state index contributed by atoms with van der Waals surface area (Å²) in [7, 11) is 4.78. The number of carbonyl (C=O) groups is 3. The number of nitrogens with one attached hydrogen (secondary N) is 2. The van der Waals surface area contributed by atoms with E-state index in [1.807, 2.05) is 18.2 Å². The third-order valence-electron chi connectivity index (χ3n) is 7.06. The van der Waals surface area contributed by atoms with Gasteiger partial charge >= 0.3 is 0 Å². The molecule has 1 aliphatic carbocycles. The molecule has 0 spiro atoms. The Balaban J connectivity index is 1.41. The van der Waals surface area contributed by atoms with E-state index in [1.165, 1.54) is 15.6 Å². The molecule has 3 amide bonds. The van der Waals surface area contributed by atoms with Gasteiger partial charge in [0, 0.05) is 25.7 Å². The zero-order valence-electron chi connectivity index (χ0n) is 20.7. The Morgan fingerprint density at radius 2 is 1.86 bits per heavy atom. The minimum absolute atomic E-state index is 0.147. The fourth-order valence-corrected chi connectivity index (χ4v) is 4.70. The minimum Gasteiger partial charge on any atom is -0.493 e. The first-order valence-electron chi connectivity index (χ1n) is 11.9. The lowest BCUT2D eigenvalue weighted by Crippen LogP contribution is -2.63. The molecule has 1 aromatic heterocycles. The summed E-state index contributed by atoms with van der Waals surface area (Å²) in [5, 5.41) is 10.3. The van der Waals surface area contributed by atoms with Crippen LogP contribution in [0.1, 0.15) is 59.1 Å². The summed E-state index contributed by atoms with van der Waals surface area (Å²) < 4.78 is 12.0. The molecule has 10 heteroatoms. The summed E-state index contributed by atoms with van der Waals surface area (Å²) in [6.45, 7) is 2.30. The number of hydrogen-bond donors (Lipinski definition) is 2. The maximum absolute atomic E-state index is 13.1. The van der Waals surface area contributed by atoms with Gasteiger partial charge in [0.15, 0.2) is 17.2 Å². The molecule has 1 fully saturated rings. The fraction of sp³-hybridized carbons (Fsp3) is 0.520. The van der Waals surface area contributed by atoms with Crippen LogP contribution < -0.4 is 20.1 Å². The van der Waals surface area contributed by atoms with E-state index in [2.05, 4.69) is 15.7 Å². The van der Waals surface area contributed by atoms with Crippen LogP contribution in [0.2, 0.25) is 0 Å². The minimum atomic E-state index is -1.08. The van der Waals surface area contributed by atoms with Crippen LogP contribution in [0.5, 0.6) is 11.5 Å². The van der Waals surface area contributed by atoms with Crippen LogP contribution in [-0.2, 0) is 17.8 Å². The Morgan fingerprint density at radius 1 is 1.14 bits per heavy atom. The third kappa shape index (κ3) is 4.82. The van der Waals surface area contributed by atoms with E-state index in [0.717, 1.165) is 31.2 Å². The summed E-state index contributed by atoms with van der Waals surface area (Å²) in [5.41, 5.74) is 0.339. The van der Waals surface area contributed by atoms with Crippen molar-refractivity contribution in [2.75, 3.05) is 27.8 Å². The van der Waals surface area contributed by atoms with E-state index >= 15 is 0 Å². The average molecular weight is 484 g/mol. The van der Waals surface area contributed by atoms with Gasteiger partial charge in [-0.05, 0) is 43.9 Å². The van der Waals surface area contributed by atoms with Gasteiger partial charge in [-0.25, -0.2) is 0 Å². The highest BCUT2D eigenvalue weighted by Crippen LogP contribution is 2.28. The summed E-state index contributed by atoms with van der Waals surface area (Å²) in [6, 6.07) is 7.23. The SMILES string of the molecule is COc1ccc(CCNC(=O)c2cc3n(n2)C[C@@](C)(C(=O)NC2CCCC2)N(C)C3=O)cc1OC. The molecule has 1 saturated carbocycles. The summed E-state index contributed by atoms with van der Waals surface area (Å²) in [6.07, 6.45) is 4.70. The molecule has 2 heterocycles. The van der Waals surface area contributed by atoms with Crippen LogP contribution in [0.15, 0.2) is 24.3 Å². The first kappa shape index (κ1) is 24.6. The lowest BCUT2D eigenvalue weighted by atomic mass is 9.95. The average Bonchev–Trinajstić information content (AvgIpc) is 3.52. The van der Waals surface area contributed by atoms with E-state index in [1.54, 1.807) is 28.2 Å². The number of methoxy groups -OCH3 is 2. The topological polar surface area (TPSA) is 115 Å². The van der Waals surface area contributed by atoms with Gasteiger partial charge in [0.2, 0.25) is 5.91 Å². The highest BCUT2D eigenvalue weighted by Gasteiger charge is 2.46. The van der Waals surface area contributed by atoms with Crippen molar-refractivity contribution in [3.05, 3.63) is 41.2 Å². The molecule has 0 saturated heterocycles. The van der Waals surface area contributed by atoms with Crippen LogP contribution in [0.25, 0.3) is 0 Å². The molecule has 2 aromatic rings. The molecule has 10 nitrogen and oxygen atoms in total. The zero-order chi connectivity index (χ0) is 25.2. The van der Waals surface area contributed by atoms with Gasteiger partial charge in [0.1, 0.15) is 11.2 Å². The molecule has 4 rings (SSSR count). The van der Waals surface area contributed by atoms with Crippen molar-refractivity contribution in [1.29, 1.82) is 0 Å². The third-order valence-corrected chi connectivity index (χ3v) is 7.06. The maximum atomic E-state index is 13.1. The largest absolute Gasteiger partial charge is 0.493 e. The molecule has 1 aromatic carbocycles. The molecule has 0 radical (unpaired) electrons. The van der Waals surface area contributed by atoms with Gasteiger partial charge in [0.25, 0.3) is 11.8 Å². The van der Waals surface area contributed by atoms with Crippen molar-refractivity contribution < 1.29 is 23.9 Å². The van der Waals surface area contributed by atoms with Crippen molar-refractivity contribution in [1.82, 2.24) is 25.3 Å². The van der Waals surface area contributed by atoms with Crippen molar-refractivity contribution in [2.24, 2.45) is 0 Å². The van der Waals surface area contributed by atoms with Gasteiger partial charge < -0.3 is 25.0 Å². The molecule has 1 aliphatic heterocycles. The first-order valence-corrected chi connectivity index (χ1v) is 11.9. The molecule has 0 bridgehead atoms. The normalized spacial score (nSPS) is 19.9. The monoisotopic (exact) mass is 483 g/mol. The molecule has 1 atom stereocenters. The predicted molar refractivity (Wildman–Crippen MR) is 129 cm³/mol. The number of rotatable bonds is 8. The molecule has 35 heavy (non-hydrogen) atoms. The predicted octanol–water partition coefficient (Wildman–Crippen LogP) is 1.78. The Labute approximate surface area is 204 Å². The second-order valence-corrected chi connectivity index (χ2v) is 9.36. The number of benzene rings is 1. The number of carbonyl (C=O) groups excluding carboxylic acids is 3. The molecule has 0 unspecified atom stereocenters. The van der Waals surface area contributed by atoms with E-state index in [0.29, 0.717) is 30.2 Å². The standard InChI is InChI=1S/C25H33N5O5/c1-25(24(33)27-17-7-5-6-8-17)15-30-19(23(32)29(25)2)14-18(28-30)22(31)26-12-11-16-9-10-20(34-3)21(13-16)35-4/h9-10,13-14,17H,5-8,11-12,15H2,1-4H3,(H,26,31)(H,27,33)/t25-/m0/s1. The number of likely N-dealkylation sites (N-methyl/N-ethyl adjacent to an activating group) is 1. The van der Waals surface area contributed by atoms with E-state index in [9.17, 15) is 14.4 Å². The Kier molecular flexibility index (Phi) is 7.00. The van der Waals surface area contributed by atoms with Crippen LogP contribution in [0.3, 0.4) is 0 Å². The van der Waals surface area contributed by atoms with Crippen molar-refractivity contribution >= 4 is 17.7 Å². The van der Waals surface area contributed by atoms with Crippen LogP contribution in [-0.4, -0.2) is 71.8 Å². The highest BCUT2D eigenvalue weighted by atomic mass is 16.5. The van der Waals surface area contributed by atoms with Crippen molar-refractivity contribution in [3.63, 3.8) is 0 Å². The van der Waals surface area contributed by atoms with Crippen LogP contribution in [0.4, 0.5) is 0 Å². The van der Waals surface area contributed by atoms with Crippen molar-refractivity contribution in [3.8, 4) is 11.5 Å². The summed E-state index contributed by atoms with van der Waals surface area (Å²) in [5.74, 6) is 0.364. The number of aromatic nitrogens is 2. The first-order chi connectivity index (χ1) is 16.8. The van der Waals surface area contributed by atoms with E-state index in [4.69, 9.17) is 9.47 Å². The highest BCUT2D eigenvalue weighted by molar-refractivity contribution is 6.01. The molecular weight excluding hydrogens is 450 g/mol. The zero-order valence-corrected chi connectivity index (χ0v) is 20.7. The molecule has 2 aliphatic rings. The van der Waals surface area contributed by atoms with E-state index in [-0.39, 0.29) is 36.0 Å². The van der Waals surface area contributed by atoms with Gasteiger partial charge in [-0.15, -0.1) is 0 Å². The fourth-order valence-electron chi connectivity index (χ4n) is 4.70. The summed E-state index contributed by atoms with van der Waals surface area (Å²) >= 11 is 0. The van der Waals surface area contributed by atoms with Gasteiger partial charge in [0.05, 0.1) is 20.8 Å².